The van der Waals surface area contributed by atoms with E-state index in [2.05, 4.69) is 42.2 Å². The van der Waals surface area contributed by atoms with Crippen molar-refractivity contribution in [2.45, 2.75) is 39.7 Å². The maximum atomic E-state index is 4.72. The van der Waals surface area contributed by atoms with E-state index in [1.54, 1.807) is 0 Å². The van der Waals surface area contributed by atoms with Gasteiger partial charge in [0.25, 0.3) is 0 Å². The summed E-state index contributed by atoms with van der Waals surface area (Å²) in [6.07, 6.45) is 4.49. The average Bonchev–Trinajstić information content (AvgIpc) is 2.91. The maximum Gasteiger partial charge on any atom is 0.245 e. The van der Waals surface area contributed by atoms with Crippen LogP contribution in [0.5, 0.6) is 0 Å². The minimum Gasteiger partial charge on any atom is -0.339 e. The van der Waals surface area contributed by atoms with Crippen molar-refractivity contribution in [2.75, 3.05) is 24.5 Å². The molecule has 0 spiro atoms. The first kappa shape index (κ1) is 14.3. The Labute approximate surface area is 126 Å². The number of hydrogen-bond acceptors (Lipinski definition) is 4. The number of rotatable bonds is 4. The van der Waals surface area contributed by atoms with Crippen LogP contribution < -0.4 is 10.2 Å². The SMILES string of the molecule is Cc1cccn2nc(N3CCCC(CNC(C)C)C3)nc12. The fourth-order valence-corrected chi connectivity index (χ4v) is 2.98. The lowest BCUT2D eigenvalue weighted by Gasteiger charge is -2.32. The second kappa shape index (κ2) is 6.02. The van der Waals surface area contributed by atoms with E-state index < -0.39 is 0 Å². The number of pyridine rings is 1. The van der Waals surface area contributed by atoms with Crippen LogP contribution in [0.4, 0.5) is 5.95 Å². The first-order chi connectivity index (χ1) is 10.1. The Bertz CT molecular complexity index is 604. The van der Waals surface area contributed by atoms with Gasteiger partial charge >= 0.3 is 0 Å². The molecule has 1 aliphatic heterocycles. The molecule has 0 bridgehead atoms. The lowest BCUT2D eigenvalue weighted by molar-refractivity contribution is 0.377. The summed E-state index contributed by atoms with van der Waals surface area (Å²) in [5, 5.41) is 8.19. The van der Waals surface area contributed by atoms with Crippen molar-refractivity contribution < 1.29 is 0 Å². The highest BCUT2D eigenvalue weighted by Crippen LogP contribution is 2.21. The standard InChI is InChI=1S/C16H25N5/c1-12(2)17-10-14-7-5-8-20(11-14)16-18-15-13(3)6-4-9-21(15)19-16/h4,6,9,12,14,17H,5,7-8,10-11H2,1-3H3. The molecule has 1 saturated heterocycles. The van der Waals surface area contributed by atoms with Crippen LogP contribution in [-0.2, 0) is 0 Å². The number of hydrogen-bond donors (Lipinski definition) is 1. The molecule has 1 atom stereocenters. The predicted octanol–water partition coefficient (Wildman–Crippen LogP) is 2.25. The van der Waals surface area contributed by atoms with E-state index in [9.17, 15) is 0 Å². The first-order valence-corrected chi connectivity index (χ1v) is 7.94. The van der Waals surface area contributed by atoms with E-state index in [0.29, 0.717) is 12.0 Å². The van der Waals surface area contributed by atoms with E-state index in [4.69, 9.17) is 4.98 Å². The Morgan fingerprint density at radius 1 is 1.43 bits per heavy atom. The Balaban J connectivity index is 1.74. The topological polar surface area (TPSA) is 45.5 Å². The van der Waals surface area contributed by atoms with Crippen LogP contribution in [0.1, 0.15) is 32.3 Å². The smallest absolute Gasteiger partial charge is 0.245 e. The van der Waals surface area contributed by atoms with E-state index in [0.717, 1.165) is 31.2 Å². The van der Waals surface area contributed by atoms with Gasteiger partial charge < -0.3 is 10.2 Å². The van der Waals surface area contributed by atoms with Gasteiger partial charge in [-0.3, -0.25) is 0 Å². The Hall–Kier alpha value is -1.62. The molecule has 3 rings (SSSR count). The Kier molecular flexibility index (Phi) is 4.10. The van der Waals surface area contributed by atoms with Gasteiger partial charge in [-0.15, -0.1) is 5.10 Å². The maximum absolute atomic E-state index is 4.72. The largest absolute Gasteiger partial charge is 0.339 e. The molecule has 5 nitrogen and oxygen atoms in total. The minimum absolute atomic E-state index is 0.552. The molecule has 1 unspecified atom stereocenters. The number of nitrogens with zero attached hydrogens (tertiary/aromatic N) is 4. The normalized spacial score (nSPS) is 19.6. The zero-order chi connectivity index (χ0) is 14.8. The summed E-state index contributed by atoms with van der Waals surface area (Å²) in [6.45, 7) is 9.68. The second-order valence-electron chi connectivity index (χ2n) is 6.39. The summed E-state index contributed by atoms with van der Waals surface area (Å²) in [5.74, 6) is 1.56. The van der Waals surface area contributed by atoms with E-state index in [1.807, 2.05) is 16.8 Å². The number of aromatic nitrogens is 3. The fraction of sp³-hybridized carbons (Fsp3) is 0.625. The van der Waals surface area contributed by atoms with Crippen molar-refractivity contribution in [3.05, 3.63) is 23.9 Å². The summed E-state index contributed by atoms with van der Waals surface area (Å²) in [6, 6.07) is 4.66. The van der Waals surface area contributed by atoms with Crippen LogP contribution in [-0.4, -0.2) is 40.3 Å². The van der Waals surface area contributed by atoms with Gasteiger partial charge in [-0.05, 0) is 43.9 Å². The summed E-state index contributed by atoms with van der Waals surface area (Å²) in [7, 11) is 0. The van der Waals surface area contributed by atoms with Crippen LogP contribution in [0.3, 0.4) is 0 Å². The zero-order valence-electron chi connectivity index (χ0n) is 13.2. The van der Waals surface area contributed by atoms with Gasteiger partial charge in [0.15, 0.2) is 5.65 Å². The first-order valence-electron chi connectivity index (χ1n) is 7.94. The zero-order valence-corrected chi connectivity index (χ0v) is 13.2. The van der Waals surface area contributed by atoms with Crippen molar-refractivity contribution in [1.82, 2.24) is 19.9 Å². The van der Waals surface area contributed by atoms with Crippen molar-refractivity contribution in [1.29, 1.82) is 0 Å². The van der Waals surface area contributed by atoms with Gasteiger partial charge in [-0.2, -0.15) is 4.98 Å². The molecule has 0 aliphatic carbocycles. The van der Waals surface area contributed by atoms with Crippen LogP contribution in [0.25, 0.3) is 5.65 Å². The van der Waals surface area contributed by atoms with Gasteiger partial charge in [0.1, 0.15) is 0 Å². The summed E-state index contributed by atoms with van der Waals surface area (Å²) < 4.78 is 1.89. The van der Waals surface area contributed by atoms with Crippen LogP contribution in [0.15, 0.2) is 18.3 Å². The van der Waals surface area contributed by atoms with Gasteiger partial charge in [0.2, 0.25) is 5.95 Å². The van der Waals surface area contributed by atoms with Crippen molar-refractivity contribution >= 4 is 11.6 Å². The van der Waals surface area contributed by atoms with Crippen LogP contribution in [0.2, 0.25) is 0 Å². The molecule has 0 amide bonds. The van der Waals surface area contributed by atoms with Crippen molar-refractivity contribution in [3.8, 4) is 0 Å². The third-order valence-corrected chi connectivity index (χ3v) is 4.16. The predicted molar refractivity (Wildman–Crippen MR) is 85.8 cm³/mol. The molecule has 0 saturated carbocycles. The molecule has 5 heteroatoms. The summed E-state index contributed by atoms with van der Waals surface area (Å²) in [5.41, 5.74) is 2.14. The van der Waals surface area contributed by atoms with Crippen molar-refractivity contribution in [2.24, 2.45) is 5.92 Å². The highest BCUT2D eigenvalue weighted by atomic mass is 15.4. The molecule has 21 heavy (non-hydrogen) atoms. The Morgan fingerprint density at radius 3 is 3.05 bits per heavy atom. The van der Waals surface area contributed by atoms with Gasteiger partial charge in [0.05, 0.1) is 0 Å². The van der Waals surface area contributed by atoms with Gasteiger partial charge in [0, 0.05) is 25.3 Å². The molecular formula is C16H25N5. The molecule has 3 heterocycles. The average molecular weight is 287 g/mol. The summed E-state index contributed by atoms with van der Waals surface area (Å²) in [4.78, 5) is 7.06. The lowest BCUT2D eigenvalue weighted by Crippen LogP contribution is -2.41. The van der Waals surface area contributed by atoms with E-state index in [1.165, 1.54) is 18.4 Å². The molecule has 1 N–H and O–H groups in total. The summed E-state index contributed by atoms with van der Waals surface area (Å²) >= 11 is 0. The molecule has 0 aromatic carbocycles. The molecule has 0 radical (unpaired) electrons. The minimum atomic E-state index is 0.552. The second-order valence-corrected chi connectivity index (χ2v) is 6.39. The van der Waals surface area contributed by atoms with Crippen molar-refractivity contribution in [3.63, 3.8) is 0 Å². The van der Waals surface area contributed by atoms with Gasteiger partial charge in [-0.25, -0.2) is 4.52 Å². The monoisotopic (exact) mass is 287 g/mol. The number of piperidine rings is 1. The highest BCUT2D eigenvalue weighted by molar-refractivity contribution is 5.50. The molecule has 2 aromatic rings. The molecule has 1 fully saturated rings. The number of anilines is 1. The van der Waals surface area contributed by atoms with Crippen LogP contribution >= 0.6 is 0 Å². The molecule has 2 aromatic heterocycles. The number of nitrogens with one attached hydrogen (secondary N) is 1. The Morgan fingerprint density at radius 2 is 2.29 bits per heavy atom. The quantitative estimate of drug-likeness (QED) is 0.937. The van der Waals surface area contributed by atoms with Gasteiger partial charge in [-0.1, -0.05) is 19.9 Å². The third-order valence-electron chi connectivity index (χ3n) is 4.16. The molecule has 1 aliphatic rings. The lowest BCUT2D eigenvalue weighted by atomic mass is 9.98. The van der Waals surface area contributed by atoms with E-state index in [-0.39, 0.29) is 0 Å². The molecule has 114 valence electrons. The van der Waals surface area contributed by atoms with Crippen LogP contribution in [0, 0.1) is 12.8 Å². The highest BCUT2D eigenvalue weighted by Gasteiger charge is 2.23. The third kappa shape index (κ3) is 3.18. The molecular weight excluding hydrogens is 262 g/mol. The van der Waals surface area contributed by atoms with E-state index >= 15 is 0 Å². The number of fused-ring (bicyclic) bond motifs is 1. The fourth-order valence-electron chi connectivity index (χ4n) is 2.98. The number of aryl methyl sites for hydroxylation is 1.